The number of aliphatic hydroxyl groups is 1. The van der Waals surface area contributed by atoms with Crippen molar-refractivity contribution in [2.75, 3.05) is 6.61 Å². The molecule has 0 aromatic heterocycles. The number of alkyl halides is 12. The first-order valence-corrected chi connectivity index (χ1v) is 11.1. The van der Waals surface area contributed by atoms with Gasteiger partial charge in [-0.15, -0.1) is 4.33 Å². The van der Waals surface area contributed by atoms with Gasteiger partial charge in [0.1, 0.15) is 0 Å². The summed E-state index contributed by atoms with van der Waals surface area (Å²) in [6.07, 6.45) is -13.3. The first-order chi connectivity index (χ1) is 16.5. The third kappa shape index (κ3) is 4.55. The van der Waals surface area contributed by atoms with Gasteiger partial charge in [0.2, 0.25) is 0 Å². The van der Waals surface area contributed by atoms with Crippen LogP contribution >= 0.6 is 12.0 Å². The van der Waals surface area contributed by atoms with Gasteiger partial charge in [0.25, 0.3) is 0 Å². The molecule has 0 aliphatic heterocycles. The van der Waals surface area contributed by atoms with Gasteiger partial charge in [-0.05, 0) is 50.4 Å². The lowest BCUT2D eigenvalue weighted by Crippen LogP contribution is -2.74. The largest absolute Gasteiger partial charge is 0.464 e. The highest BCUT2D eigenvalue weighted by Gasteiger charge is 2.92. The van der Waals surface area contributed by atoms with Gasteiger partial charge in [-0.3, -0.25) is 0 Å². The lowest BCUT2D eigenvalue weighted by atomic mass is 9.48. The van der Waals surface area contributed by atoms with Gasteiger partial charge in [0.05, 0.1) is 24.3 Å². The number of rotatable bonds is 9. The molecule has 3 unspecified atom stereocenters. The number of carbonyl (C=O) groups is 1. The van der Waals surface area contributed by atoms with E-state index in [4.69, 9.17) is 5.26 Å². The minimum absolute atomic E-state index is 0.125. The number of hydrogen-bond donors (Lipinski definition) is 2. The monoisotopic (exact) mass is 590 g/mol. The van der Waals surface area contributed by atoms with Crippen LogP contribution in [0.5, 0.6) is 0 Å². The second-order valence-electron chi connectivity index (χ2n) is 9.89. The minimum Gasteiger partial charge on any atom is -0.464 e. The molecule has 0 heterocycles. The van der Waals surface area contributed by atoms with E-state index in [2.05, 4.69) is 14.1 Å². The van der Waals surface area contributed by atoms with Crippen molar-refractivity contribution in [3.05, 3.63) is 0 Å². The van der Waals surface area contributed by atoms with Crippen molar-refractivity contribution in [2.45, 2.75) is 79.0 Å². The van der Waals surface area contributed by atoms with Crippen LogP contribution in [0.15, 0.2) is 0 Å². The van der Waals surface area contributed by atoms with Crippen LogP contribution in [0, 0.1) is 17.3 Å². The Balaban J connectivity index is 2.03. The molecule has 0 saturated heterocycles. The highest BCUT2D eigenvalue weighted by molar-refractivity contribution is 7.97. The molecular weight excluding hydrogens is 572 g/mol. The van der Waals surface area contributed by atoms with E-state index in [0.29, 0.717) is 19.3 Å². The SMILES string of the molecule is O=C(OCC12CC3CC(CC(O)(C3)C1)C2)C(SOOO)(C(F)(F)F)C(F)(F)C(F)(F)C(F)(F)C(F)(F)F. The van der Waals surface area contributed by atoms with E-state index in [1.165, 1.54) is 0 Å². The highest BCUT2D eigenvalue weighted by Crippen LogP contribution is 2.64. The van der Waals surface area contributed by atoms with Crippen molar-refractivity contribution in [3.8, 4) is 0 Å². The summed E-state index contributed by atoms with van der Waals surface area (Å²) >= 11 is -2.19. The van der Waals surface area contributed by atoms with Crippen molar-refractivity contribution in [1.82, 2.24) is 0 Å². The maximum absolute atomic E-state index is 14.7. The quantitative estimate of drug-likeness (QED) is 0.117. The lowest BCUT2D eigenvalue weighted by Gasteiger charge is -2.60. The van der Waals surface area contributed by atoms with Crippen LogP contribution in [0.1, 0.15) is 38.5 Å². The Kier molecular flexibility index (Phi) is 7.32. The third-order valence-corrected chi connectivity index (χ3v) is 8.16. The Labute approximate surface area is 203 Å². The minimum atomic E-state index is -7.91. The zero-order valence-corrected chi connectivity index (χ0v) is 18.9. The maximum Gasteiger partial charge on any atom is 0.460 e. The van der Waals surface area contributed by atoms with E-state index in [0.717, 1.165) is 0 Å². The van der Waals surface area contributed by atoms with Crippen LogP contribution in [-0.4, -0.2) is 63.4 Å². The van der Waals surface area contributed by atoms with E-state index in [9.17, 15) is 62.6 Å². The first-order valence-electron chi connectivity index (χ1n) is 10.3. The molecule has 19 heteroatoms. The van der Waals surface area contributed by atoms with Crippen molar-refractivity contribution in [2.24, 2.45) is 17.3 Å². The zero-order chi connectivity index (χ0) is 28.5. The molecular formula is C18H18F12O6S. The van der Waals surface area contributed by atoms with E-state index >= 15 is 0 Å². The predicted octanol–water partition coefficient (Wildman–Crippen LogP) is 5.70. The fourth-order valence-corrected chi connectivity index (χ4v) is 6.70. The Morgan fingerprint density at radius 3 is 1.73 bits per heavy atom. The molecule has 0 aromatic carbocycles. The predicted molar refractivity (Wildman–Crippen MR) is 95.1 cm³/mol. The molecule has 4 fully saturated rings. The summed E-state index contributed by atoms with van der Waals surface area (Å²) < 4.78 is 165. The Bertz CT molecular complexity index is 879. The second-order valence-corrected chi connectivity index (χ2v) is 10.8. The summed E-state index contributed by atoms with van der Waals surface area (Å²) in [7, 11) is 0. The fourth-order valence-electron chi connectivity index (χ4n) is 6.11. The molecule has 4 bridgehead atoms. The normalized spacial score (nSPS) is 32.4. The van der Waals surface area contributed by atoms with Gasteiger partial charge >= 0.3 is 40.8 Å². The average molecular weight is 590 g/mol. The Morgan fingerprint density at radius 1 is 0.811 bits per heavy atom. The molecule has 0 aromatic rings. The van der Waals surface area contributed by atoms with Gasteiger partial charge in [0, 0.05) is 5.41 Å². The molecule has 37 heavy (non-hydrogen) atoms. The van der Waals surface area contributed by atoms with Crippen LogP contribution in [0.2, 0.25) is 0 Å². The summed E-state index contributed by atoms with van der Waals surface area (Å²) in [4.78, 5) is 12.5. The molecule has 4 saturated carbocycles. The summed E-state index contributed by atoms with van der Waals surface area (Å²) in [5.41, 5.74) is -2.62. The van der Waals surface area contributed by atoms with Gasteiger partial charge in [-0.1, -0.05) is 5.04 Å². The standard InChI is InChI=1S/C18H18F12O6S/c19-14(20,15(21,22)16(23,24)18(28,29)30)13(17(25,26)27,37-36-35-33)10(31)34-7-11-2-8-1-9(3-11)5-12(32,4-8)6-11/h8-9,32-33H,1-7H2. The van der Waals surface area contributed by atoms with Crippen molar-refractivity contribution in [3.63, 3.8) is 0 Å². The van der Waals surface area contributed by atoms with Crippen molar-refractivity contribution >= 4 is 18.0 Å². The summed E-state index contributed by atoms with van der Waals surface area (Å²) in [6.45, 7) is -1.18. The first kappa shape index (κ1) is 30.4. The molecule has 216 valence electrons. The third-order valence-electron chi connectivity index (χ3n) is 7.12. The van der Waals surface area contributed by atoms with E-state index in [-0.39, 0.29) is 31.1 Å². The molecule has 4 aliphatic rings. The zero-order valence-electron chi connectivity index (χ0n) is 18.1. The number of esters is 1. The lowest BCUT2D eigenvalue weighted by molar-refractivity contribution is -0.436. The maximum atomic E-state index is 14.7. The van der Waals surface area contributed by atoms with Crippen LogP contribution in [-0.2, 0) is 18.9 Å². The van der Waals surface area contributed by atoms with Gasteiger partial charge in [-0.2, -0.15) is 52.7 Å². The average Bonchev–Trinajstić information content (AvgIpc) is 2.68. The molecule has 3 atom stereocenters. The highest BCUT2D eigenvalue weighted by atomic mass is 32.2. The van der Waals surface area contributed by atoms with Gasteiger partial charge in [0.15, 0.2) is 0 Å². The summed E-state index contributed by atoms with van der Waals surface area (Å²) in [6, 6.07) is 0. The molecule has 4 rings (SSSR count). The number of ether oxygens (including phenoxy) is 1. The molecule has 0 radical (unpaired) electrons. The summed E-state index contributed by atoms with van der Waals surface area (Å²) in [5, 5.41) is 21.4. The molecule has 6 nitrogen and oxygen atoms in total. The topological polar surface area (TPSA) is 85.2 Å². The fraction of sp³-hybridized carbons (Fsp3) is 0.944. The number of carbonyl (C=O) groups excluding carboxylic acids is 1. The smallest absolute Gasteiger partial charge is 0.460 e. The molecule has 4 aliphatic carbocycles. The van der Waals surface area contributed by atoms with Crippen LogP contribution in [0.4, 0.5) is 52.7 Å². The van der Waals surface area contributed by atoms with Gasteiger partial charge in [-0.25, -0.2) is 10.1 Å². The van der Waals surface area contributed by atoms with Crippen molar-refractivity contribution in [1.29, 1.82) is 0 Å². The molecule has 0 spiro atoms. The van der Waals surface area contributed by atoms with Crippen LogP contribution < -0.4 is 0 Å². The van der Waals surface area contributed by atoms with Crippen LogP contribution in [0.3, 0.4) is 0 Å². The van der Waals surface area contributed by atoms with Crippen molar-refractivity contribution < 1.29 is 82.0 Å². The van der Waals surface area contributed by atoms with E-state index in [1.54, 1.807) is 0 Å². The second kappa shape index (κ2) is 8.92. The molecule has 0 amide bonds. The number of hydrogen-bond acceptors (Lipinski definition) is 7. The Morgan fingerprint density at radius 2 is 1.32 bits per heavy atom. The molecule has 2 N–H and O–H groups in total. The van der Waals surface area contributed by atoms with Crippen LogP contribution in [0.25, 0.3) is 0 Å². The Hall–Kier alpha value is -1.18. The van der Waals surface area contributed by atoms with E-state index < -0.39 is 70.5 Å². The summed E-state index contributed by atoms with van der Waals surface area (Å²) in [5.74, 6) is -27.1. The number of halogens is 12. The van der Waals surface area contributed by atoms with E-state index in [1.807, 2.05) is 0 Å². The van der Waals surface area contributed by atoms with Gasteiger partial charge < -0.3 is 9.84 Å².